The Labute approximate surface area is 138 Å². The van der Waals surface area contributed by atoms with Crippen LogP contribution in [0.25, 0.3) is 5.57 Å². The Bertz CT molecular complexity index is 634. The lowest BCUT2D eigenvalue weighted by Gasteiger charge is -2.27. The van der Waals surface area contributed by atoms with Gasteiger partial charge in [-0.3, -0.25) is 0 Å². The van der Waals surface area contributed by atoms with E-state index >= 15 is 0 Å². The number of nitrogens with zero attached hydrogens (tertiary/aromatic N) is 1. The van der Waals surface area contributed by atoms with Crippen LogP contribution >= 0.6 is 0 Å². The summed E-state index contributed by atoms with van der Waals surface area (Å²) in [4.78, 5) is 14.8. The van der Waals surface area contributed by atoms with Crippen molar-refractivity contribution in [3.8, 4) is 0 Å². The summed E-state index contributed by atoms with van der Waals surface area (Å²) in [6.07, 6.45) is 6.46. The Morgan fingerprint density at radius 2 is 1.83 bits per heavy atom. The molecule has 0 aromatic heterocycles. The molecule has 0 amide bonds. The molecule has 2 aliphatic rings. The highest BCUT2D eigenvalue weighted by Crippen LogP contribution is 2.34. The van der Waals surface area contributed by atoms with E-state index in [0.717, 1.165) is 42.6 Å². The van der Waals surface area contributed by atoms with Crippen molar-refractivity contribution in [2.45, 2.75) is 39.5 Å². The largest absolute Gasteiger partial charge is 0.463 e. The highest BCUT2D eigenvalue weighted by Gasteiger charge is 2.24. The molecule has 1 aliphatic carbocycles. The third-order valence-electron chi connectivity index (χ3n) is 4.66. The highest BCUT2D eigenvalue weighted by atomic mass is 16.5. The molecule has 1 aliphatic heterocycles. The van der Waals surface area contributed by atoms with Crippen molar-refractivity contribution in [3.63, 3.8) is 0 Å². The van der Waals surface area contributed by atoms with Gasteiger partial charge in [0.15, 0.2) is 0 Å². The molecule has 0 unspecified atom stereocenters. The number of hydrogen-bond donors (Lipinski definition) is 0. The molecule has 23 heavy (non-hydrogen) atoms. The van der Waals surface area contributed by atoms with Crippen LogP contribution in [0.2, 0.25) is 0 Å². The molecule has 0 spiro atoms. The van der Waals surface area contributed by atoms with E-state index in [4.69, 9.17) is 4.74 Å². The molecule has 1 heterocycles. The lowest BCUT2D eigenvalue weighted by Crippen LogP contribution is -2.22. The summed E-state index contributed by atoms with van der Waals surface area (Å²) in [6.45, 7) is 6.64. The molecule has 0 bridgehead atoms. The fraction of sp³-hybridized carbons (Fsp3) is 0.450. The second-order valence-corrected chi connectivity index (χ2v) is 6.31. The van der Waals surface area contributed by atoms with Crippen molar-refractivity contribution in [3.05, 3.63) is 52.7 Å². The van der Waals surface area contributed by atoms with Crippen molar-refractivity contribution in [2.24, 2.45) is 0 Å². The molecule has 3 nitrogen and oxygen atoms in total. The number of allylic oxidation sites excluding steroid dienone is 3. The molecule has 1 saturated heterocycles. The first-order chi connectivity index (χ1) is 11.2. The summed E-state index contributed by atoms with van der Waals surface area (Å²) in [7, 11) is 0. The Balaban J connectivity index is 1.99. The molecule has 0 N–H and O–H groups in total. The minimum atomic E-state index is -0.167. The van der Waals surface area contributed by atoms with Crippen LogP contribution in [0.4, 0.5) is 0 Å². The zero-order valence-corrected chi connectivity index (χ0v) is 14.1. The fourth-order valence-corrected chi connectivity index (χ4v) is 3.39. The first kappa shape index (κ1) is 15.9. The van der Waals surface area contributed by atoms with E-state index in [2.05, 4.69) is 42.2 Å². The zero-order chi connectivity index (χ0) is 16.2. The van der Waals surface area contributed by atoms with Crippen LogP contribution in [0.5, 0.6) is 0 Å². The topological polar surface area (TPSA) is 29.5 Å². The number of carbonyl (C=O) groups is 1. The fourth-order valence-electron chi connectivity index (χ4n) is 3.39. The summed E-state index contributed by atoms with van der Waals surface area (Å²) in [5.41, 5.74) is 5.56. The Hall–Kier alpha value is -2.03. The standard InChI is InChI=1S/C20H25NO2/c1-3-23-20(22)18-11-10-17(21-12-4-5-13-21)14-19(18)16-8-6-15(2)7-9-16/h6-9,14H,3-5,10-13H2,1-2H3. The van der Waals surface area contributed by atoms with Crippen molar-refractivity contribution in [1.82, 2.24) is 4.90 Å². The van der Waals surface area contributed by atoms with Gasteiger partial charge in [-0.1, -0.05) is 29.8 Å². The van der Waals surface area contributed by atoms with Gasteiger partial charge >= 0.3 is 5.97 Å². The van der Waals surface area contributed by atoms with E-state index < -0.39 is 0 Å². The van der Waals surface area contributed by atoms with Gasteiger partial charge in [0.05, 0.1) is 6.61 Å². The maximum absolute atomic E-state index is 12.4. The van der Waals surface area contributed by atoms with Gasteiger partial charge in [-0.2, -0.15) is 0 Å². The van der Waals surface area contributed by atoms with Gasteiger partial charge < -0.3 is 9.64 Å². The van der Waals surface area contributed by atoms with Gasteiger partial charge in [0.25, 0.3) is 0 Å². The molecule has 122 valence electrons. The zero-order valence-electron chi connectivity index (χ0n) is 14.1. The van der Waals surface area contributed by atoms with E-state index in [9.17, 15) is 4.79 Å². The molecule has 0 saturated carbocycles. The first-order valence-electron chi connectivity index (χ1n) is 8.62. The van der Waals surface area contributed by atoms with Gasteiger partial charge in [0.2, 0.25) is 0 Å². The molecule has 1 fully saturated rings. The second-order valence-electron chi connectivity index (χ2n) is 6.31. The third kappa shape index (κ3) is 3.49. The van der Waals surface area contributed by atoms with Crippen molar-refractivity contribution >= 4 is 11.5 Å². The Morgan fingerprint density at radius 3 is 2.48 bits per heavy atom. The summed E-state index contributed by atoms with van der Waals surface area (Å²) in [6, 6.07) is 8.41. The minimum Gasteiger partial charge on any atom is -0.463 e. The van der Waals surface area contributed by atoms with E-state index in [-0.39, 0.29) is 5.97 Å². The average Bonchev–Trinajstić information content (AvgIpc) is 3.10. The SMILES string of the molecule is CCOC(=O)C1=C(c2ccc(C)cc2)C=C(N2CCCC2)CC1. The van der Waals surface area contributed by atoms with E-state index in [1.807, 2.05) is 6.92 Å². The summed E-state index contributed by atoms with van der Waals surface area (Å²) in [5, 5.41) is 0. The highest BCUT2D eigenvalue weighted by molar-refractivity contribution is 6.00. The normalized spacial score (nSPS) is 18.2. The molecule has 3 heteroatoms. The van der Waals surface area contributed by atoms with Gasteiger partial charge in [0, 0.05) is 24.4 Å². The minimum absolute atomic E-state index is 0.167. The number of carbonyl (C=O) groups excluding carboxylic acids is 1. The first-order valence-corrected chi connectivity index (χ1v) is 8.62. The summed E-state index contributed by atoms with van der Waals surface area (Å²) in [5.74, 6) is -0.167. The molecule has 1 aromatic carbocycles. The molecule has 0 radical (unpaired) electrons. The van der Waals surface area contributed by atoms with Crippen molar-refractivity contribution in [1.29, 1.82) is 0 Å². The van der Waals surface area contributed by atoms with Crippen molar-refractivity contribution < 1.29 is 9.53 Å². The number of hydrogen-bond acceptors (Lipinski definition) is 3. The van der Waals surface area contributed by atoms with Gasteiger partial charge in [-0.15, -0.1) is 0 Å². The number of aryl methyl sites for hydroxylation is 1. The maximum atomic E-state index is 12.4. The van der Waals surface area contributed by atoms with Gasteiger partial charge in [-0.25, -0.2) is 4.79 Å². The lowest BCUT2D eigenvalue weighted by molar-refractivity contribution is -0.138. The van der Waals surface area contributed by atoms with E-state index in [0.29, 0.717) is 6.61 Å². The van der Waals surface area contributed by atoms with Crippen LogP contribution in [-0.4, -0.2) is 30.6 Å². The third-order valence-corrected chi connectivity index (χ3v) is 4.66. The number of ether oxygens (including phenoxy) is 1. The summed E-state index contributed by atoms with van der Waals surface area (Å²) < 4.78 is 5.28. The second kappa shape index (κ2) is 7.03. The van der Waals surface area contributed by atoms with Crippen LogP contribution in [0.3, 0.4) is 0 Å². The quantitative estimate of drug-likeness (QED) is 0.785. The molecule has 0 atom stereocenters. The molecular weight excluding hydrogens is 286 g/mol. The van der Waals surface area contributed by atoms with Crippen LogP contribution in [0, 0.1) is 6.92 Å². The number of rotatable bonds is 4. The van der Waals surface area contributed by atoms with E-state index in [1.54, 1.807) is 0 Å². The van der Waals surface area contributed by atoms with Gasteiger partial charge in [0.1, 0.15) is 0 Å². The maximum Gasteiger partial charge on any atom is 0.334 e. The molecule has 1 aromatic rings. The number of likely N-dealkylation sites (tertiary alicyclic amines) is 1. The smallest absolute Gasteiger partial charge is 0.334 e. The Kier molecular flexibility index (Phi) is 4.85. The van der Waals surface area contributed by atoms with Gasteiger partial charge in [-0.05, 0) is 56.7 Å². The predicted octanol–water partition coefficient (Wildman–Crippen LogP) is 4.09. The average molecular weight is 311 g/mol. The number of benzene rings is 1. The van der Waals surface area contributed by atoms with E-state index in [1.165, 1.54) is 24.1 Å². The van der Waals surface area contributed by atoms with Crippen LogP contribution in [0.15, 0.2) is 41.6 Å². The number of esters is 1. The Morgan fingerprint density at radius 1 is 1.13 bits per heavy atom. The monoisotopic (exact) mass is 311 g/mol. The molecule has 3 rings (SSSR count). The molecular formula is C20H25NO2. The predicted molar refractivity (Wildman–Crippen MR) is 92.9 cm³/mol. The van der Waals surface area contributed by atoms with Crippen LogP contribution in [0.1, 0.15) is 43.7 Å². The van der Waals surface area contributed by atoms with Crippen LogP contribution in [-0.2, 0) is 9.53 Å². The van der Waals surface area contributed by atoms with Crippen LogP contribution < -0.4 is 0 Å². The lowest BCUT2D eigenvalue weighted by atomic mass is 9.90. The van der Waals surface area contributed by atoms with Crippen molar-refractivity contribution in [2.75, 3.05) is 19.7 Å². The summed E-state index contributed by atoms with van der Waals surface area (Å²) >= 11 is 0.